The number of ether oxygens (including phenoxy) is 4. The number of benzene rings is 1. The number of thiazole rings is 1. The van der Waals surface area contributed by atoms with Gasteiger partial charge in [0.15, 0.2) is 0 Å². The average molecular weight is 389 g/mol. The summed E-state index contributed by atoms with van der Waals surface area (Å²) >= 11 is 1.32. The third-order valence-electron chi connectivity index (χ3n) is 3.72. The predicted octanol–water partition coefficient (Wildman–Crippen LogP) is 2.85. The highest BCUT2D eigenvalue weighted by Crippen LogP contribution is 2.31. The van der Waals surface area contributed by atoms with Gasteiger partial charge in [0.1, 0.15) is 35.2 Å². The van der Waals surface area contributed by atoms with Gasteiger partial charge in [-0.2, -0.15) is 5.10 Å². The highest BCUT2D eigenvalue weighted by molar-refractivity contribution is 7.18. The largest absolute Gasteiger partial charge is 0.503 e. The highest BCUT2D eigenvalue weighted by Gasteiger charge is 2.24. The third kappa shape index (κ3) is 3.87. The molecule has 0 aliphatic rings. The summed E-state index contributed by atoms with van der Waals surface area (Å²) in [5.41, 5.74) is 0.961. The molecule has 0 fully saturated rings. The smallest absolute Gasteiger partial charge is 0.342 e. The van der Waals surface area contributed by atoms with E-state index in [9.17, 15) is 4.79 Å². The maximum Gasteiger partial charge on any atom is 0.342 e. The fourth-order valence-electron chi connectivity index (χ4n) is 2.47. The van der Waals surface area contributed by atoms with Crippen LogP contribution in [0.15, 0.2) is 30.5 Å². The van der Waals surface area contributed by atoms with Crippen molar-refractivity contribution in [1.29, 1.82) is 0 Å². The maximum atomic E-state index is 12.2. The minimum absolute atomic E-state index is 0.183. The molecule has 9 heteroatoms. The Kier molecular flexibility index (Phi) is 5.60. The van der Waals surface area contributed by atoms with Crippen LogP contribution in [0.25, 0.3) is 10.5 Å². The molecule has 0 amide bonds. The highest BCUT2D eigenvalue weighted by atomic mass is 32.1. The van der Waals surface area contributed by atoms with Crippen LogP contribution in [0.4, 0.5) is 0 Å². The average Bonchev–Trinajstić information content (AvgIpc) is 3.20. The number of methoxy groups -OCH3 is 3. The molecule has 0 aliphatic carbocycles. The van der Waals surface area contributed by atoms with Crippen LogP contribution in [-0.4, -0.2) is 41.9 Å². The first kappa shape index (κ1) is 18.7. The van der Waals surface area contributed by atoms with Gasteiger partial charge in [-0.05, 0) is 31.2 Å². The minimum atomic E-state index is -0.510. The van der Waals surface area contributed by atoms with Gasteiger partial charge < -0.3 is 18.9 Å². The van der Waals surface area contributed by atoms with E-state index in [0.717, 1.165) is 5.75 Å². The monoisotopic (exact) mass is 389 g/mol. The lowest BCUT2D eigenvalue weighted by molar-refractivity contribution is -0.133. The van der Waals surface area contributed by atoms with Gasteiger partial charge in [0.2, 0.25) is 4.96 Å². The number of hydrogen-bond donors (Lipinski definition) is 0. The van der Waals surface area contributed by atoms with Gasteiger partial charge >= 0.3 is 5.97 Å². The molecule has 0 saturated carbocycles. The molecule has 3 aromatic rings. The van der Waals surface area contributed by atoms with Crippen molar-refractivity contribution in [2.24, 2.45) is 0 Å². The Hall–Kier alpha value is -3.07. The molecule has 0 saturated heterocycles. The van der Waals surface area contributed by atoms with Gasteiger partial charge in [-0.3, -0.25) is 0 Å². The number of carbonyl (C=O) groups excluding carboxylic acids is 1. The number of esters is 1. The van der Waals surface area contributed by atoms with Crippen molar-refractivity contribution in [3.63, 3.8) is 0 Å². The molecule has 8 nitrogen and oxygen atoms in total. The number of aryl methyl sites for hydroxylation is 1. The molecule has 1 aromatic carbocycles. The summed E-state index contributed by atoms with van der Waals surface area (Å²) in [4.78, 5) is 17.9. The van der Waals surface area contributed by atoms with Crippen LogP contribution < -0.4 is 9.47 Å². The molecule has 0 bridgehead atoms. The Bertz CT molecular complexity index is 975. The SMILES string of the molecule is COC=C(C(=O)OC)c1sc2nc(C)nn2c1COc1ccc(OC)cc1. The molecule has 0 N–H and O–H groups in total. The molecule has 0 unspecified atom stereocenters. The number of hydrogen-bond acceptors (Lipinski definition) is 8. The van der Waals surface area contributed by atoms with Gasteiger partial charge in [0.25, 0.3) is 0 Å². The minimum Gasteiger partial charge on any atom is -0.503 e. The van der Waals surface area contributed by atoms with Gasteiger partial charge in [0, 0.05) is 0 Å². The van der Waals surface area contributed by atoms with Crippen LogP contribution in [-0.2, 0) is 20.9 Å². The van der Waals surface area contributed by atoms with Crippen molar-refractivity contribution in [1.82, 2.24) is 14.6 Å². The lowest BCUT2D eigenvalue weighted by atomic mass is 10.2. The molecule has 142 valence electrons. The predicted molar refractivity (Wildman–Crippen MR) is 99.9 cm³/mol. The second kappa shape index (κ2) is 8.09. The summed E-state index contributed by atoms with van der Waals surface area (Å²) in [6.07, 6.45) is 1.35. The van der Waals surface area contributed by atoms with E-state index in [4.69, 9.17) is 18.9 Å². The van der Waals surface area contributed by atoms with Gasteiger partial charge in [-0.1, -0.05) is 11.3 Å². The van der Waals surface area contributed by atoms with Crippen LogP contribution in [0.3, 0.4) is 0 Å². The van der Waals surface area contributed by atoms with E-state index >= 15 is 0 Å². The summed E-state index contributed by atoms with van der Waals surface area (Å²) in [6, 6.07) is 7.23. The van der Waals surface area contributed by atoms with Crippen molar-refractivity contribution in [3.05, 3.63) is 46.9 Å². The van der Waals surface area contributed by atoms with Gasteiger partial charge in [0.05, 0.1) is 32.5 Å². The van der Waals surface area contributed by atoms with Crippen molar-refractivity contribution >= 4 is 27.8 Å². The Morgan fingerprint density at radius 1 is 1.19 bits per heavy atom. The zero-order valence-corrected chi connectivity index (χ0v) is 16.2. The molecule has 0 spiro atoms. The first-order valence-corrected chi connectivity index (χ1v) is 8.82. The second-order valence-corrected chi connectivity index (χ2v) is 6.43. The van der Waals surface area contributed by atoms with Gasteiger partial charge in [-0.15, -0.1) is 0 Å². The maximum absolute atomic E-state index is 12.2. The summed E-state index contributed by atoms with van der Waals surface area (Å²) in [7, 11) is 4.39. The Morgan fingerprint density at radius 2 is 1.89 bits per heavy atom. The Balaban J connectivity index is 1.98. The molecular weight excluding hydrogens is 370 g/mol. The Morgan fingerprint density at radius 3 is 2.52 bits per heavy atom. The standard InChI is InChI=1S/C18H19N3O5S/c1-11-19-18-21(20-11)15(10-26-13-7-5-12(24-3)6-8-13)16(27-18)14(9-23-2)17(22)25-4/h5-9H,10H2,1-4H3. The van der Waals surface area contributed by atoms with Crippen molar-refractivity contribution in [3.8, 4) is 11.5 Å². The van der Waals surface area contributed by atoms with Gasteiger partial charge in [-0.25, -0.2) is 14.3 Å². The molecule has 2 aromatic heterocycles. The number of rotatable bonds is 7. The normalized spacial score (nSPS) is 11.5. The van der Waals surface area contributed by atoms with Crippen LogP contribution in [0.5, 0.6) is 11.5 Å². The van der Waals surface area contributed by atoms with Crippen molar-refractivity contribution in [2.45, 2.75) is 13.5 Å². The van der Waals surface area contributed by atoms with Crippen LogP contribution in [0, 0.1) is 6.92 Å². The van der Waals surface area contributed by atoms with E-state index in [-0.39, 0.29) is 12.2 Å². The van der Waals surface area contributed by atoms with Crippen molar-refractivity contribution < 1.29 is 23.7 Å². The zero-order valence-electron chi connectivity index (χ0n) is 15.4. The number of aromatic nitrogens is 3. The molecule has 0 radical (unpaired) electrons. The third-order valence-corrected chi connectivity index (χ3v) is 4.82. The van der Waals surface area contributed by atoms with Crippen LogP contribution in [0.1, 0.15) is 16.4 Å². The first-order chi connectivity index (χ1) is 13.1. The van der Waals surface area contributed by atoms with E-state index < -0.39 is 5.97 Å². The number of fused-ring (bicyclic) bond motifs is 1. The summed E-state index contributed by atoms with van der Waals surface area (Å²) < 4.78 is 22.6. The van der Waals surface area contributed by atoms with Crippen molar-refractivity contribution in [2.75, 3.05) is 21.3 Å². The summed E-state index contributed by atoms with van der Waals surface area (Å²) in [5, 5.41) is 4.40. The van der Waals surface area contributed by atoms with Crippen LogP contribution >= 0.6 is 11.3 Å². The molecular formula is C18H19N3O5S. The molecule has 2 heterocycles. The molecule has 0 aliphatic heterocycles. The summed E-state index contributed by atoms with van der Waals surface area (Å²) in [6.45, 7) is 1.99. The number of nitrogens with zero attached hydrogens (tertiary/aromatic N) is 3. The Labute approximate surface area is 160 Å². The first-order valence-electron chi connectivity index (χ1n) is 8.01. The number of carbonyl (C=O) groups is 1. The lowest BCUT2D eigenvalue weighted by Crippen LogP contribution is -2.08. The topological polar surface area (TPSA) is 84.2 Å². The zero-order chi connectivity index (χ0) is 19.4. The summed E-state index contributed by atoms with van der Waals surface area (Å²) in [5.74, 6) is 1.52. The molecule has 27 heavy (non-hydrogen) atoms. The molecule has 0 atom stereocenters. The lowest BCUT2D eigenvalue weighted by Gasteiger charge is -2.09. The quantitative estimate of drug-likeness (QED) is 0.349. The van der Waals surface area contributed by atoms with E-state index in [1.54, 1.807) is 30.7 Å². The fraction of sp³-hybridized carbons (Fsp3) is 0.278. The van der Waals surface area contributed by atoms with E-state index in [2.05, 4.69) is 10.1 Å². The van der Waals surface area contributed by atoms with Crippen LogP contribution in [0.2, 0.25) is 0 Å². The fourth-order valence-corrected chi connectivity index (χ4v) is 3.57. The molecule has 3 rings (SSSR count). The van der Waals surface area contributed by atoms with E-state index in [0.29, 0.717) is 27.1 Å². The van der Waals surface area contributed by atoms with E-state index in [1.807, 2.05) is 12.1 Å². The second-order valence-electron chi connectivity index (χ2n) is 5.45. The van der Waals surface area contributed by atoms with E-state index in [1.165, 1.54) is 31.8 Å².